The number of rotatable bonds is 5. The van der Waals surface area contributed by atoms with Crippen LogP contribution in [0.15, 0.2) is 0 Å². The van der Waals surface area contributed by atoms with Crippen LogP contribution < -0.4 is 0 Å². The van der Waals surface area contributed by atoms with Crippen molar-refractivity contribution < 1.29 is 5.11 Å². The molecule has 0 saturated heterocycles. The number of nitrogens with zero attached hydrogens (tertiary/aromatic N) is 1. The zero-order valence-electron chi connectivity index (χ0n) is 11.4. The first kappa shape index (κ1) is 14.0. The van der Waals surface area contributed by atoms with Crippen molar-refractivity contribution in [3.05, 3.63) is 0 Å². The van der Waals surface area contributed by atoms with E-state index in [2.05, 4.69) is 32.6 Å². The number of hydrogen-bond donors (Lipinski definition) is 1. The minimum atomic E-state index is -0.0970. The van der Waals surface area contributed by atoms with E-state index in [1.54, 1.807) is 0 Å². The fourth-order valence-electron chi connectivity index (χ4n) is 2.76. The van der Waals surface area contributed by atoms with Crippen LogP contribution in [0.3, 0.4) is 0 Å². The van der Waals surface area contributed by atoms with E-state index in [-0.39, 0.29) is 6.10 Å². The molecule has 16 heavy (non-hydrogen) atoms. The lowest BCUT2D eigenvalue weighted by molar-refractivity contribution is 0.00216. The number of aliphatic hydroxyl groups excluding tert-OH is 1. The van der Waals surface area contributed by atoms with Crippen LogP contribution in [0.4, 0.5) is 0 Å². The molecule has 0 heterocycles. The maximum absolute atomic E-state index is 10.1. The minimum Gasteiger partial charge on any atom is -0.391 e. The average Bonchev–Trinajstić information content (AvgIpc) is 2.29. The van der Waals surface area contributed by atoms with Crippen molar-refractivity contribution in [2.75, 3.05) is 13.1 Å². The summed E-state index contributed by atoms with van der Waals surface area (Å²) >= 11 is 0. The van der Waals surface area contributed by atoms with Crippen molar-refractivity contribution >= 4 is 0 Å². The van der Waals surface area contributed by atoms with Crippen LogP contribution in [0, 0.1) is 11.8 Å². The van der Waals surface area contributed by atoms with Crippen molar-refractivity contribution in [3.63, 3.8) is 0 Å². The highest BCUT2D eigenvalue weighted by Crippen LogP contribution is 2.28. The second kappa shape index (κ2) is 6.61. The summed E-state index contributed by atoms with van der Waals surface area (Å²) in [5.41, 5.74) is 0. The number of likely N-dealkylation sites (N-methyl/N-ethyl adjacent to an activating group) is 1. The molecule has 2 nitrogen and oxygen atoms in total. The van der Waals surface area contributed by atoms with Crippen LogP contribution in [0.25, 0.3) is 0 Å². The van der Waals surface area contributed by atoms with Crippen molar-refractivity contribution in [2.45, 2.75) is 65.5 Å². The molecule has 1 rings (SSSR count). The molecule has 0 aromatic heterocycles. The Bertz CT molecular complexity index is 195. The number of aliphatic hydroxyl groups is 1. The van der Waals surface area contributed by atoms with Crippen LogP contribution in [-0.4, -0.2) is 35.2 Å². The molecule has 0 aromatic carbocycles. The first-order chi connectivity index (χ1) is 7.58. The van der Waals surface area contributed by atoms with Crippen LogP contribution in [0.1, 0.15) is 53.4 Å². The molecule has 1 N–H and O–H groups in total. The molecule has 4 atom stereocenters. The monoisotopic (exact) mass is 227 g/mol. The molecule has 1 aliphatic rings. The summed E-state index contributed by atoms with van der Waals surface area (Å²) in [5.74, 6) is 1.52. The molecule has 1 saturated carbocycles. The lowest BCUT2D eigenvalue weighted by Crippen LogP contribution is -2.48. The van der Waals surface area contributed by atoms with Gasteiger partial charge in [-0.1, -0.05) is 34.1 Å². The average molecular weight is 227 g/mol. The third kappa shape index (κ3) is 3.74. The van der Waals surface area contributed by atoms with Crippen molar-refractivity contribution in [2.24, 2.45) is 11.8 Å². The van der Waals surface area contributed by atoms with E-state index >= 15 is 0 Å². The van der Waals surface area contributed by atoms with E-state index < -0.39 is 0 Å². The van der Waals surface area contributed by atoms with E-state index in [0.717, 1.165) is 31.3 Å². The lowest BCUT2D eigenvalue weighted by Gasteiger charge is -2.40. The van der Waals surface area contributed by atoms with Crippen LogP contribution in [0.5, 0.6) is 0 Å². The zero-order valence-corrected chi connectivity index (χ0v) is 11.4. The molecule has 4 unspecified atom stereocenters. The molecule has 0 aromatic rings. The largest absolute Gasteiger partial charge is 0.391 e. The highest BCUT2D eigenvalue weighted by atomic mass is 16.3. The quantitative estimate of drug-likeness (QED) is 0.780. The Morgan fingerprint density at radius 3 is 2.56 bits per heavy atom. The van der Waals surface area contributed by atoms with Gasteiger partial charge in [-0.15, -0.1) is 0 Å². The molecule has 0 amide bonds. The van der Waals surface area contributed by atoms with E-state index in [1.165, 1.54) is 19.3 Å². The molecule has 1 aliphatic carbocycles. The fraction of sp³-hybridized carbons (Fsp3) is 1.00. The van der Waals surface area contributed by atoms with Gasteiger partial charge in [0.15, 0.2) is 0 Å². The third-order valence-electron chi connectivity index (χ3n) is 4.16. The maximum atomic E-state index is 10.1. The van der Waals surface area contributed by atoms with Gasteiger partial charge in [0.25, 0.3) is 0 Å². The molecule has 1 fully saturated rings. The predicted octanol–water partition coefficient (Wildman–Crippen LogP) is 2.90. The highest BCUT2D eigenvalue weighted by molar-refractivity contribution is 4.85. The van der Waals surface area contributed by atoms with Gasteiger partial charge >= 0.3 is 0 Å². The molecular formula is C14H29NO. The van der Waals surface area contributed by atoms with Crippen molar-refractivity contribution in [1.82, 2.24) is 4.90 Å². The molecule has 0 spiro atoms. The van der Waals surface area contributed by atoms with Crippen LogP contribution in [0.2, 0.25) is 0 Å². The number of hydrogen-bond acceptors (Lipinski definition) is 2. The van der Waals surface area contributed by atoms with E-state index in [4.69, 9.17) is 0 Å². The topological polar surface area (TPSA) is 23.5 Å². The Hall–Kier alpha value is -0.0800. The lowest BCUT2D eigenvalue weighted by atomic mass is 9.83. The van der Waals surface area contributed by atoms with Gasteiger partial charge in [-0.3, -0.25) is 4.90 Å². The smallest absolute Gasteiger partial charge is 0.0695 e. The van der Waals surface area contributed by atoms with Crippen LogP contribution in [-0.2, 0) is 0 Å². The second-order valence-corrected chi connectivity index (χ2v) is 5.65. The molecule has 96 valence electrons. The van der Waals surface area contributed by atoms with Gasteiger partial charge in [-0.05, 0) is 37.6 Å². The van der Waals surface area contributed by atoms with Gasteiger partial charge in [0.1, 0.15) is 0 Å². The molecule has 0 aliphatic heterocycles. The summed E-state index contributed by atoms with van der Waals surface area (Å²) in [6.45, 7) is 11.3. The Morgan fingerprint density at radius 1 is 1.31 bits per heavy atom. The maximum Gasteiger partial charge on any atom is 0.0695 e. The van der Waals surface area contributed by atoms with Gasteiger partial charge in [0.05, 0.1) is 6.10 Å². The highest BCUT2D eigenvalue weighted by Gasteiger charge is 2.31. The SMILES string of the molecule is CCC(C)CN(CC)C1CC(C)CCC1O. The van der Waals surface area contributed by atoms with Crippen molar-refractivity contribution in [3.8, 4) is 0 Å². The Morgan fingerprint density at radius 2 is 2.00 bits per heavy atom. The van der Waals surface area contributed by atoms with E-state index in [9.17, 15) is 5.11 Å². The first-order valence-corrected chi connectivity index (χ1v) is 7.00. The van der Waals surface area contributed by atoms with Gasteiger partial charge in [-0.2, -0.15) is 0 Å². The van der Waals surface area contributed by atoms with Gasteiger partial charge < -0.3 is 5.11 Å². The van der Waals surface area contributed by atoms with Crippen LogP contribution >= 0.6 is 0 Å². The molecular weight excluding hydrogens is 198 g/mol. The van der Waals surface area contributed by atoms with Crippen molar-refractivity contribution in [1.29, 1.82) is 0 Å². The molecule has 0 radical (unpaired) electrons. The van der Waals surface area contributed by atoms with E-state index in [1.807, 2.05) is 0 Å². The predicted molar refractivity (Wildman–Crippen MR) is 69.5 cm³/mol. The third-order valence-corrected chi connectivity index (χ3v) is 4.16. The summed E-state index contributed by atoms with van der Waals surface area (Å²) < 4.78 is 0. The van der Waals surface area contributed by atoms with Gasteiger partial charge in [0.2, 0.25) is 0 Å². The summed E-state index contributed by atoms with van der Waals surface area (Å²) in [6.07, 6.45) is 4.49. The zero-order chi connectivity index (χ0) is 12.1. The summed E-state index contributed by atoms with van der Waals surface area (Å²) in [6, 6.07) is 0.405. The Balaban J connectivity index is 2.55. The van der Waals surface area contributed by atoms with Gasteiger partial charge in [-0.25, -0.2) is 0 Å². The van der Waals surface area contributed by atoms with Gasteiger partial charge in [0, 0.05) is 12.6 Å². The summed E-state index contributed by atoms with van der Waals surface area (Å²) in [7, 11) is 0. The standard InChI is InChI=1S/C14H29NO/c1-5-11(3)10-15(6-2)13-9-12(4)7-8-14(13)16/h11-14,16H,5-10H2,1-4H3. The summed E-state index contributed by atoms with van der Waals surface area (Å²) in [5, 5.41) is 10.1. The van der Waals surface area contributed by atoms with E-state index in [0.29, 0.717) is 6.04 Å². The fourth-order valence-corrected chi connectivity index (χ4v) is 2.76. The Labute approximate surface area is 101 Å². The second-order valence-electron chi connectivity index (χ2n) is 5.65. The molecule has 0 bridgehead atoms. The minimum absolute atomic E-state index is 0.0970. The normalized spacial score (nSPS) is 33.0. The molecule has 2 heteroatoms. The Kier molecular flexibility index (Phi) is 5.77. The first-order valence-electron chi connectivity index (χ1n) is 7.00. The summed E-state index contributed by atoms with van der Waals surface area (Å²) in [4.78, 5) is 2.49.